The molecule has 0 amide bonds. The Bertz CT molecular complexity index is 490. The lowest BCUT2D eigenvalue weighted by molar-refractivity contribution is 0.0587. The fourth-order valence-electron chi connectivity index (χ4n) is 4.05. The smallest absolute Gasteiger partial charge is 0.0699 e. The molecule has 2 fully saturated rings. The van der Waals surface area contributed by atoms with Crippen LogP contribution >= 0.6 is 0 Å². The number of nitrogens with zero attached hydrogens (tertiary/aromatic N) is 4. The fraction of sp³-hybridized carbons (Fsp3) is 0.722. The maximum atomic E-state index is 9.28. The number of hydrogen-bond donors (Lipinski definition) is 1. The minimum absolute atomic E-state index is 0.0645. The summed E-state index contributed by atoms with van der Waals surface area (Å²) in [4.78, 5) is 7.64. The van der Waals surface area contributed by atoms with Crippen LogP contribution in [0.1, 0.15) is 19.3 Å². The monoisotopic (exact) mass is 315 g/mol. The maximum Gasteiger partial charge on any atom is 0.0699 e. The molecular formula is C18H29N5. The van der Waals surface area contributed by atoms with Crippen LogP contribution in [-0.2, 0) is 0 Å². The van der Waals surface area contributed by atoms with Crippen LogP contribution in [0.4, 0.5) is 0 Å². The largest absolute Gasteiger partial charge is 0.399 e. The van der Waals surface area contributed by atoms with Crippen LogP contribution < -0.4 is 5.73 Å². The van der Waals surface area contributed by atoms with E-state index in [4.69, 9.17) is 5.73 Å². The number of nitrogens with two attached hydrogens (primary N) is 1. The van der Waals surface area contributed by atoms with Gasteiger partial charge in [0, 0.05) is 57.0 Å². The lowest BCUT2D eigenvalue weighted by Gasteiger charge is -2.43. The molecule has 0 aromatic rings. The van der Waals surface area contributed by atoms with Gasteiger partial charge in [-0.05, 0) is 38.5 Å². The van der Waals surface area contributed by atoms with E-state index in [1.54, 1.807) is 0 Å². The number of likely N-dealkylation sites (tertiary alicyclic amines) is 1. The van der Waals surface area contributed by atoms with Gasteiger partial charge in [0.05, 0.1) is 12.0 Å². The van der Waals surface area contributed by atoms with E-state index in [2.05, 4.69) is 33.9 Å². The molecule has 2 atom stereocenters. The highest BCUT2D eigenvalue weighted by molar-refractivity contribution is 5.23. The summed E-state index contributed by atoms with van der Waals surface area (Å²) < 4.78 is 0. The van der Waals surface area contributed by atoms with E-state index in [0.29, 0.717) is 6.04 Å². The molecule has 0 spiro atoms. The van der Waals surface area contributed by atoms with Gasteiger partial charge < -0.3 is 10.6 Å². The van der Waals surface area contributed by atoms with E-state index in [0.717, 1.165) is 31.2 Å². The average molecular weight is 315 g/mol. The normalized spacial score (nSPS) is 32.3. The summed E-state index contributed by atoms with van der Waals surface area (Å²) in [6, 6.07) is 3.46. The molecule has 2 heterocycles. The van der Waals surface area contributed by atoms with Gasteiger partial charge in [0.2, 0.25) is 0 Å². The van der Waals surface area contributed by atoms with Crippen LogP contribution in [-0.4, -0.2) is 73.1 Å². The van der Waals surface area contributed by atoms with Crippen molar-refractivity contribution in [2.24, 2.45) is 11.7 Å². The Balaban J connectivity index is 1.53. The van der Waals surface area contributed by atoms with Crippen molar-refractivity contribution in [2.75, 3.05) is 46.3 Å². The van der Waals surface area contributed by atoms with Crippen LogP contribution in [0.2, 0.25) is 0 Å². The number of nitriles is 1. The summed E-state index contributed by atoms with van der Waals surface area (Å²) in [6.45, 7) is 7.07. The molecule has 3 aliphatic rings. The van der Waals surface area contributed by atoms with Crippen LogP contribution in [0.25, 0.3) is 0 Å². The van der Waals surface area contributed by atoms with Crippen LogP contribution in [0.5, 0.6) is 0 Å². The van der Waals surface area contributed by atoms with Crippen molar-refractivity contribution in [3.63, 3.8) is 0 Å². The highest BCUT2D eigenvalue weighted by Gasteiger charge is 2.30. The van der Waals surface area contributed by atoms with E-state index in [9.17, 15) is 5.26 Å². The van der Waals surface area contributed by atoms with Gasteiger partial charge in [0.25, 0.3) is 0 Å². The summed E-state index contributed by atoms with van der Waals surface area (Å²) in [5.74, 6) is -0.0645. The van der Waals surface area contributed by atoms with Crippen molar-refractivity contribution >= 4 is 0 Å². The highest BCUT2D eigenvalue weighted by Crippen LogP contribution is 2.24. The molecule has 0 aromatic heterocycles. The Kier molecular flexibility index (Phi) is 5.37. The molecule has 5 nitrogen and oxygen atoms in total. The molecule has 23 heavy (non-hydrogen) atoms. The topological polar surface area (TPSA) is 59.5 Å². The minimum Gasteiger partial charge on any atom is -0.399 e. The first kappa shape index (κ1) is 16.5. The first-order valence-corrected chi connectivity index (χ1v) is 8.87. The third-order valence-corrected chi connectivity index (χ3v) is 5.59. The molecular weight excluding hydrogens is 286 g/mol. The quantitative estimate of drug-likeness (QED) is 0.824. The molecule has 126 valence electrons. The number of likely N-dealkylation sites (N-methyl/N-ethyl adjacent to an activating group) is 1. The molecule has 1 aliphatic carbocycles. The predicted molar refractivity (Wildman–Crippen MR) is 92.6 cm³/mol. The zero-order chi connectivity index (χ0) is 16.2. The summed E-state index contributed by atoms with van der Waals surface area (Å²) in [5.41, 5.74) is 6.65. The first-order chi connectivity index (χ1) is 11.2. The molecule has 0 bridgehead atoms. The Labute approximate surface area is 140 Å². The van der Waals surface area contributed by atoms with Crippen molar-refractivity contribution < 1.29 is 0 Å². The third kappa shape index (κ3) is 4.14. The Morgan fingerprint density at radius 3 is 2.43 bits per heavy atom. The third-order valence-electron chi connectivity index (χ3n) is 5.59. The molecule has 0 saturated carbocycles. The lowest BCUT2D eigenvalue weighted by atomic mass is 9.96. The van der Waals surface area contributed by atoms with Gasteiger partial charge in [-0.3, -0.25) is 9.80 Å². The molecule has 5 heteroatoms. The summed E-state index contributed by atoms with van der Waals surface area (Å²) in [6.07, 6.45) is 9.43. The second kappa shape index (κ2) is 7.48. The van der Waals surface area contributed by atoms with Crippen molar-refractivity contribution in [1.29, 1.82) is 5.26 Å². The zero-order valence-corrected chi connectivity index (χ0v) is 14.2. The lowest BCUT2D eigenvalue weighted by Crippen LogP contribution is -2.53. The summed E-state index contributed by atoms with van der Waals surface area (Å²) >= 11 is 0. The van der Waals surface area contributed by atoms with E-state index in [-0.39, 0.29) is 5.92 Å². The second-order valence-corrected chi connectivity index (χ2v) is 7.17. The molecule has 2 saturated heterocycles. The average Bonchev–Trinajstić information content (AvgIpc) is 2.77. The van der Waals surface area contributed by atoms with E-state index >= 15 is 0 Å². The van der Waals surface area contributed by atoms with Gasteiger partial charge in [0.1, 0.15) is 0 Å². The number of rotatable bonds is 2. The summed E-state index contributed by atoms with van der Waals surface area (Å²) in [7, 11) is 2.21. The van der Waals surface area contributed by atoms with E-state index in [1.165, 1.54) is 39.0 Å². The maximum absolute atomic E-state index is 9.28. The summed E-state index contributed by atoms with van der Waals surface area (Å²) in [5, 5.41) is 9.28. The fourth-order valence-corrected chi connectivity index (χ4v) is 4.05. The number of allylic oxidation sites excluding steroid dienone is 2. The van der Waals surface area contributed by atoms with Gasteiger partial charge in [-0.2, -0.15) is 5.26 Å². The molecule has 0 radical (unpaired) electrons. The second-order valence-electron chi connectivity index (χ2n) is 7.17. The number of hydrogen-bond acceptors (Lipinski definition) is 5. The van der Waals surface area contributed by atoms with Gasteiger partial charge in [0.15, 0.2) is 0 Å². The zero-order valence-electron chi connectivity index (χ0n) is 14.2. The van der Waals surface area contributed by atoms with Gasteiger partial charge in [-0.1, -0.05) is 6.08 Å². The first-order valence-electron chi connectivity index (χ1n) is 8.87. The van der Waals surface area contributed by atoms with Crippen molar-refractivity contribution in [3.8, 4) is 6.07 Å². The van der Waals surface area contributed by atoms with Crippen LogP contribution in [0.3, 0.4) is 0 Å². The van der Waals surface area contributed by atoms with Gasteiger partial charge in [-0.25, -0.2) is 0 Å². The van der Waals surface area contributed by atoms with Crippen molar-refractivity contribution in [2.45, 2.75) is 31.3 Å². The molecule has 3 rings (SSSR count). The molecule has 2 unspecified atom stereocenters. The minimum atomic E-state index is -0.0645. The number of piperazine rings is 1. The Morgan fingerprint density at radius 2 is 1.78 bits per heavy atom. The number of piperidine rings is 1. The standard InChI is InChI=1S/C18H29N5/c1-21-8-10-23(11-9-21)17-4-6-22(7-5-17)18-3-2-16(20)12-15(13-18)14-19/h2-3,12,15,17-18H,4-11,13,20H2,1H3. The Hall–Kier alpha value is -1.35. The van der Waals surface area contributed by atoms with Crippen molar-refractivity contribution in [1.82, 2.24) is 14.7 Å². The predicted octanol–water partition coefficient (Wildman–Crippen LogP) is 1.01. The highest BCUT2D eigenvalue weighted by atomic mass is 15.3. The molecule has 2 aliphatic heterocycles. The van der Waals surface area contributed by atoms with E-state index < -0.39 is 0 Å². The molecule has 0 aromatic carbocycles. The Morgan fingerprint density at radius 1 is 1.09 bits per heavy atom. The van der Waals surface area contributed by atoms with Crippen LogP contribution in [0.15, 0.2) is 23.9 Å². The van der Waals surface area contributed by atoms with Crippen molar-refractivity contribution in [3.05, 3.63) is 23.9 Å². The van der Waals surface area contributed by atoms with Crippen LogP contribution in [0, 0.1) is 17.2 Å². The van der Waals surface area contributed by atoms with Gasteiger partial charge >= 0.3 is 0 Å². The van der Waals surface area contributed by atoms with E-state index in [1.807, 2.05) is 12.2 Å². The van der Waals surface area contributed by atoms with Gasteiger partial charge in [-0.15, -0.1) is 0 Å². The molecule has 2 N–H and O–H groups in total. The SMILES string of the molecule is CN1CCN(C2CCN(C3C=CC(N)=CC(C#N)C3)CC2)CC1.